The van der Waals surface area contributed by atoms with E-state index in [2.05, 4.69) is 6.07 Å². The van der Waals surface area contributed by atoms with Gasteiger partial charge in [-0.1, -0.05) is 66.7 Å². The third-order valence-corrected chi connectivity index (χ3v) is 9.32. The summed E-state index contributed by atoms with van der Waals surface area (Å²) in [5, 5.41) is 37.9. The molecular formula is C41H55N5O11. The Labute approximate surface area is 332 Å². The van der Waals surface area contributed by atoms with Crippen LogP contribution in [0.25, 0.3) is 10.8 Å². The van der Waals surface area contributed by atoms with Crippen molar-refractivity contribution in [1.82, 2.24) is 19.6 Å². The second kappa shape index (κ2) is 24.5. The number of carbonyl (C=O) groups is 6. The summed E-state index contributed by atoms with van der Waals surface area (Å²) in [6.07, 6.45) is 1.24. The Hall–Kier alpha value is -5.10. The second-order valence-corrected chi connectivity index (χ2v) is 14.1. The first-order valence-electron chi connectivity index (χ1n) is 18.8. The van der Waals surface area contributed by atoms with Gasteiger partial charge in [-0.25, -0.2) is 0 Å². The van der Waals surface area contributed by atoms with Gasteiger partial charge in [-0.3, -0.25) is 48.4 Å². The van der Waals surface area contributed by atoms with Gasteiger partial charge in [0.1, 0.15) is 12.4 Å². The molecule has 16 heteroatoms. The summed E-state index contributed by atoms with van der Waals surface area (Å²) < 4.78 is 5.67. The van der Waals surface area contributed by atoms with E-state index in [0.717, 1.165) is 34.4 Å². The van der Waals surface area contributed by atoms with Gasteiger partial charge in [-0.05, 0) is 40.3 Å². The minimum Gasteiger partial charge on any atom is -0.481 e. The largest absolute Gasteiger partial charge is 0.481 e. The first-order chi connectivity index (χ1) is 27.2. The molecule has 1 saturated heterocycles. The molecule has 57 heavy (non-hydrogen) atoms. The molecule has 1 aliphatic heterocycles. The van der Waals surface area contributed by atoms with E-state index in [9.17, 15) is 39.3 Å². The zero-order valence-electron chi connectivity index (χ0n) is 32.5. The van der Waals surface area contributed by atoms with Crippen LogP contribution in [-0.2, 0) is 53.0 Å². The molecule has 1 fully saturated rings. The maximum Gasteiger partial charge on any atom is 0.317 e. The Morgan fingerprint density at radius 2 is 1.04 bits per heavy atom. The minimum absolute atomic E-state index is 0.00486. The Morgan fingerprint density at radius 3 is 1.51 bits per heavy atom. The Kier molecular flexibility index (Phi) is 19.9. The standard InChI is InChI=1S/C39H51N5O9.C2H4O2/c40-35(22-31-9-11-32-3-1-2-4-33(32)21-31)36(46)28-53-27-30-7-5-29(6-8-30)10-12-34(45)23-41-13-15-42(24-37(47)48)17-19-44(26-39(51)52)20-18-43(16-14-41)25-38(49)50;1-2(3)4/h1-9,11,21,35H,10,12-20,22-28,40H2,(H,47,48)(H,49,50)(H,51,52);1H3,(H,3,4)/t35-;/m1./s1. The van der Waals surface area contributed by atoms with E-state index >= 15 is 0 Å². The van der Waals surface area contributed by atoms with Crippen LogP contribution in [-0.4, -0.2) is 167 Å². The number of fused-ring (bicyclic) bond motifs is 1. The van der Waals surface area contributed by atoms with Gasteiger partial charge in [0.05, 0.1) is 38.8 Å². The number of rotatable bonds is 18. The van der Waals surface area contributed by atoms with E-state index in [1.165, 1.54) is 0 Å². The van der Waals surface area contributed by atoms with Crippen LogP contribution in [0.5, 0.6) is 0 Å². The lowest BCUT2D eigenvalue weighted by atomic mass is 10.0. The Morgan fingerprint density at radius 1 is 0.614 bits per heavy atom. The van der Waals surface area contributed by atoms with Crippen molar-refractivity contribution in [2.75, 3.05) is 85.1 Å². The van der Waals surface area contributed by atoms with Crippen LogP contribution in [0.2, 0.25) is 0 Å². The molecule has 0 spiro atoms. The molecule has 310 valence electrons. The van der Waals surface area contributed by atoms with Gasteiger partial charge < -0.3 is 30.9 Å². The fraction of sp³-hybridized carbons (Fsp3) is 0.463. The van der Waals surface area contributed by atoms with Crippen LogP contribution in [0.3, 0.4) is 0 Å². The quantitative estimate of drug-likeness (QED) is 0.123. The average Bonchev–Trinajstić information content (AvgIpc) is 3.14. The number of nitrogens with two attached hydrogens (primary N) is 1. The summed E-state index contributed by atoms with van der Waals surface area (Å²) >= 11 is 0. The lowest BCUT2D eigenvalue weighted by Crippen LogP contribution is -2.49. The molecule has 0 amide bonds. The van der Waals surface area contributed by atoms with Crippen molar-refractivity contribution >= 4 is 46.2 Å². The average molecular weight is 794 g/mol. The molecule has 4 rings (SSSR count). The number of hydrogen-bond acceptors (Lipinski definition) is 12. The van der Waals surface area contributed by atoms with Crippen molar-refractivity contribution in [1.29, 1.82) is 0 Å². The highest BCUT2D eigenvalue weighted by molar-refractivity contribution is 5.86. The molecule has 0 radical (unpaired) electrons. The third-order valence-electron chi connectivity index (χ3n) is 9.32. The van der Waals surface area contributed by atoms with Gasteiger partial charge >= 0.3 is 17.9 Å². The van der Waals surface area contributed by atoms with E-state index in [4.69, 9.17) is 20.4 Å². The smallest absolute Gasteiger partial charge is 0.317 e. The molecule has 6 N–H and O–H groups in total. The second-order valence-electron chi connectivity index (χ2n) is 14.1. The molecule has 0 aromatic heterocycles. The van der Waals surface area contributed by atoms with Gasteiger partial charge in [0.15, 0.2) is 5.78 Å². The maximum absolute atomic E-state index is 13.1. The molecule has 0 aliphatic carbocycles. The number of ether oxygens (including phenoxy) is 1. The SMILES string of the molecule is CC(=O)O.N[C@H](Cc1ccc2ccccc2c1)C(=O)COCc1ccc(CCC(=O)CN2CCN(CC(=O)O)CCN(CC(=O)O)CCN(CC(=O)O)CC2)cc1. The van der Waals surface area contributed by atoms with Crippen LogP contribution in [0.1, 0.15) is 30.0 Å². The summed E-state index contributed by atoms with van der Waals surface area (Å²) in [5.41, 5.74) is 9.04. The molecule has 1 aliphatic rings. The number of hydrogen-bond donors (Lipinski definition) is 5. The van der Waals surface area contributed by atoms with Crippen LogP contribution < -0.4 is 5.73 Å². The Balaban J connectivity index is 0.00000207. The van der Waals surface area contributed by atoms with Crippen LogP contribution in [0.15, 0.2) is 66.7 Å². The van der Waals surface area contributed by atoms with Crippen LogP contribution in [0.4, 0.5) is 0 Å². The van der Waals surface area contributed by atoms with Crippen molar-refractivity contribution < 1.29 is 53.9 Å². The number of benzene rings is 3. The van der Waals surface area contributed by atoms with Crippen molar-refractivity contribution in [3.8, 4) is 0 Å². The molecule has 3 aromatic rings. The summed E-state index contributed by atoms with van der Waals surface area (Å²) in [6.45, 7) is 3.45. The van der Waals surface area contributed by atoms with Gasteiger partial charge in [0, 0.05) is 65.7 Å². The van der Waals surface area contributed by atoms with E-state index in [-0.39, 0.29) is 57.4 Å². The molecule has 1 heterocycles. The highest BCUT2D eigenvalue weighted by Crippen LogP contribution is 2.17. The zero-order chi connectivity index (χ0) is 41.7. The van der Waals surface area contributed by atoms with Crippen molar-refractivity contribution in [2.45, 2.75) is 38.8 Å². The number of ketones is 2. The normalized spacial score (nSPS) is 15.7. The van der Waals surface area contributed by atoms with Crippen molar-refractivity contribution in [2.24, 2.45) is 5.73 Å². The molecule has 3 aromatic carbocycles. The fourth-order valence-electron chi connectivity index (χ4n) is 6.31. The molecule has 0 saturated carbocycles. The van der Waals surface area contributed by atoms with Gasteiger partial charge in [-0.15, -0.1) is 0 Å². The van der Waals surface area contributed by atoms with Crippen LogP contribution in [0, 0.1) is 0 Å². The van der Waals surface area contributed by atoms with Gasteiger partial charge in [0.25, 0.3) is 5.97 Å². The topological polar surface area (TPSA) is 232 Å². The van der Waals surface area contributed by atoms with Crippen molar-refractivity contribution in [3.63, 3.8) is 0 Å². The molecule has 1 atom stereocenters. The van der Waals surface area contributed by atoms with E-state index in [0.29, 0.717) is 65.2 Å². The molecule has 0 bridgehead atoms. The summed E-state index contributed by atoms with van der Waals surface area (Å²) in [6, 6.07) is 21.1. The maximum atomic E-state index is 13.1. The zero-order valence-corrected chi connectivity index (χ0v) is 32.5. The monoisotopic (exact) mass is 793 g/mol. The number of aryl methyl sites for hydroxylation is 1. The van der Waals surface area contributed by atoms with E-state index in [1.54, 1.807) is 14.7 Å². The lowest BCUT2D eigenvalue weighted by molar-refractivity contribution is -0.140. The fourth-order valence-corrected chi connectivity index (χ4v) is 6.31. The molecule has 0 unspecified atom stereocenters. The van der Waals surface area contributed by atoms with Gasteiger partial charge in [-0.2, -0.15) is 0 Å². The molecular weight excluding hydrogens is 738 g/mol. The third kappa shape index (κ3) is 19.1. The predicted molar refractivity (Wildman–Crippen MR) is 212 cm³/mol. The predicted octanol–water partition coefficient (Wildman–Crippen LogP) is 1.56. The lowest BCUT2D eigenvalue weighted by Gasteiger charge is -2.32. The number of Topliss-reactive ketones (excluding diaryl/α,β-unsaturated/α-hetero) is 2. The first-order valence-corrected chi connectivity index (χ1v) is 18.8. The molecule has 16 nitrogen and oxygen atoms in total. The summed E-state index contributed by atoms with van der Waals surface area (Å²) in [7, 11) is 0. The summed E-state index contributed by atoms with van der Waals surface area (Å²) in [4.78, 5) is 76.3. The minimum atomic E-state index is -1.01. The first kappa shape index (κ1) is 46.3. The Bertz CT molecular complexity index is 1750. The van der Waals surface area contributed by atoms with Crippen LogP contribution >= 0.6 is 0 Å². The number of carboxylic acids is 4. The van der Waals surface area contributed by atoms with Gasteiger partial charge in [0.2, 0.25) is 0 Å². The number of carbonyl (C=O) groups excluding carboxylic acids is 2. The number of nitrogens with zero attached hydrogens (tertiary/aromatic N) is 4. The number of carboxylic acid groups (broad SMARTS) is 4. The van der Waals surface area contributed by atoms with E-state index in [1.807, 2.05) is 65.6 Å². The summed E-state index contributed by atoms with van der Waals surface area (Å²) in [5.74, 6) is -4.01. The highest BCUT2D eigenvalue weighted by Gasteiger charge is 2.21. The van der Waals surface area contributed by atoms with E-state index < -0.39 is 29.9 Å². The highest BCUT2D eigenvalue weighted by atomic mass is 16.5. The number of aliphatic carboxylic acids is 4. The van der Waals surface area contributed by atoms with Crippen molar-refractivity contribution in [3.05, 3.63) is 83.4 Å².